The molecule has 0 aliphatic heterocycles. The van der Waals surface area contributed by atoms with E-state index in [1.807, 2.05) is 11.8 Å². The van der Waals surface area contributed by atoms with E-state index < -0.39 is 0 Å². The first-order chi connectivity index (χ1) is 7.64. The first kappa shape index (κ1) is 15.8. The molecule has 3 N–H and O–H groups in total. The third-order valence-corrected chi connectivity index (χ3v) is 4.78. The number of hydrogen-bond acceptors (Lipinski definition) is 3. The van der Waals surface area contributed by atoms with Crippen molar-refractivity contribution in [3.05, 3.63) is 0 Å². The largest absolute Gasteiger partial charge is 0.355 e. The fraction of sp³-hybridized carbons (Fsp3) is 0.917. The number of rotatable bonds is 9. The second-order valence-electron chi connectivity index (χ2n) is 4.12. The van der Waals surface area contributed by atoms with Crippen molar-refractivity contribution in [1.82, 2.24) is 5.32 Å². The summed E-state index contributed by atoms with van der Waals surface area (Å²) in [6, 6.07) is 0. The van der Waals surface area contributed by atoms with Gasteiger partial charge in [-0.2, -0.15) is 11.8 Å². The van der Waals surface area contributed by atoms with Crippen LogP contribution in [-0.4, -0.2) is 30.0 Å². The van der Waals surface area contributed by atoms with Crippen LogP contribution in [0.1, 0.15) is 46.0 Å². The topological polar surface area (TPSA) is 55.1 Å². The number of hydrogen-bond donors (Lipinski definition) is 2. The maximum absolute atomic E-state index is 11.6. The lowest BCUT2D eigenvalue weighted by Gasteiger charge is -2.29. The highest BCUT2D eigenvalue weighted by atomic mass is 32.2. The molecule has 0 aliphatic carbocycles. The molecule has 96 valence electrons. The van der Waals surface area contributed by atoms with E-state index in [1.165, 1.54) is 0 Å². The fourth-order valence-electron chi connectivity index (χ4n) is 1.64. The SMILES string of the molecule is CCC(CC)(CNC(=O)CCCCN)SC. The quantitative estimate of drug-likeness (QED) is 0.613. The van der Waals surface area contributed by atoms with E-state index in [0.29, 0.717) is 13.0 Å². The van der Waals surface area contributed by atoms with Crippen LogP contribution in [0.2, 0.25) is 0 Å². The Morgan fingerprint density at radius 2 is 1.94 bits per heavy atom. The fourth-order valence-corrected chi connectivity index (χ4v) is 2.43. The molecule has 0 aromatic carbocycles. The second kappa shape index (κ2) is 8.88. The van der Waals surface area contributed by atoms with Gasteiger partial charge in [0, 0.05) is 17.7 Å². The Kier molecular flexibility index (Phi) is 8.76. The average Bonchev–Trinajstić information content (AvgIpc) is 2.32. The van der Waals surface area contributed by atoms with E-state index in [-0.39, 0.29) is 10.7 Å². The summed E-state index contributed by atoms with van der Waals surface area (Å²) in [5.41, 5.74) is 5.39. The van der Waals surface area contributed by atoms with Crippen molar-refractivity contribution >= 4 is 17.7 Å². The lowest BCUT2D eigenvalue weighted by Crippen LogP contribution is -2.39. The number of nitrogens with two attached hydrogens (primary N) is 1. The van der Waals surface area contributed by atoms with E-state index >= 15 is 0 Å². The van der Waals surface area contributed by atoms with E-state index in [1.54, 1.807) is 0 Å². The molecule has 16 heavy (non-hydrogen) atoms. The van der Waals surface area contributed by atoms with Crippen LogP contribution in [0.5, 0.6) is 0 Å². The van der Waals surface area contributed by atoms with Crippen LogP contribution in [0.4, 0.5) is 0 Å². The molecule has 0 saturated carbocycles. The predicted octanol–water partition coefficient (Wildman–Crippen LogP) is 2.15. The summed E-state index contributed by atoms with van der Waals surface area (Å²) >= 11 is 1.85. The van der Waals surface area contributed by atoms with Crippen molar-refractivity contribution in [2.75, 3.05) is 19.3 Å². The van der Waals surface area contributed by atoms with Crippen LogP contribution in [0, 0.1) is 0 Å². The molecule has 0 bridgehead atoms. The number of carbonyl (C=O) groups excluding carboxylic acids is 1. The maximum Gasteiger partial charge on any atom is 0.220 e. The Labute approximate surface area is 104 Å². The van der Waals surface area contributed by atoms with Crippen molar-refractivity contribution in [2.45, 2.75) is 50.7 Å². The van der Waals surface area contributed by atoms with Crippen LogP contribution in [0.3, 0.4) is 0 Å². The third kappa shape index (κ3) is 5.75. The zero-order valence-corrected chi connectivity index (χ0v) is 11.7. The predicted molar refractivity (Wildman–Crippen MR) is 72.7 cm³/mol. The number of carbonyl (C=O) groups is 1. The molecular formula is C12H26N2OS. The Hall–Kier alpha value is -0.220. The highest BCUT2D eigenvalue weighted by Crippen LogP contribution is 2.29. The summed E-state index contributed by atoms with van der Waals surface area (Å²) in [6.45, 7) is 5.82. The van der Waals surface area contributed by atoms with Gasteiger partial charge >= 0.3 is 0 Å². The first-order valence-electron chi connectivity index (χ1n) is 6.16. The van der Waals surface area contributed by atoms with Gasteiger partial charge in [-0.1, -0.05) is 13.8 Å². The molecule has 3 nitrogen and oxygen atoms in total. The van der Waals surface area contributed by atoms with Crippen molar-refractivity contribution in [3.8, 4) is 0 Å². The molecular weight excluding hydrogens is 220 g/mol. The number of amides is 1. The van der Waals surface area contributed by atoms with Crippen molar-refractivity contribution in [1.29, 1.82) is 0 Å². The van der Waals surface area contributed by atoms with Crippen LogP contribution in [0.15, 0.2) is 0 Å². The summed E-state index contributed by atoms with van der Waals surface area (Å²) in [5.74, 6) is 0.161. The maximum atomic E-state index is 11.6. The van der Waals surface area contributed by atoms with Gasteiger partial charge in [0.15, 0.2) is 0 Å². The van der Waals surface area contributed by atoms with Crippen molar-refractivity contribution in [3.63, 3.8) is 0 Å². The smallest absolute Gasteiger partial charge is 0.220 e. The van der Waals surface area contributed by atoms with E-state index in [4.69, 9.17) is 5.73 Å². The van der Waals surface area contributed by atoms with Gasteiger partial charge in [-0.15, -0.1) is 0 Å². The molecule has 0 spiro atoms. The Morgan fingerprint density at radius 3 is 2.38 bits per heavy atom. The molecule has 0 heterocycles. The molecule has 0 unspecified atom stereocenters. The van der Waals surface area contributed by atoms with Crippen molar-refractivity contribution in [2.24, 2.45) is 5.73 Å². The lowest BCUT2D eigenvalue weighted by atomic mass is 10.0. The molecule has 0 atom stereocenters. The van der Waals surface area contributed by atoms with Crippen LogP contribution in [0.25, 0.3) is 0 Å². The number of unbranched alkanes of at least 4 members (excludes halogenated alkanes) is 1. The summed E-state index contributed by atoms with van der Waals surface area (Å²) < 4.78 is 0.212. The molecule has 4 heteroatoms. The van der Waals surface area contributed by atoms with E-state index in [2.05, 4.69) is 25.4 Å². The summed E-state index contributed by atoms with van der Waals surface area (Å²) in [5, 5.41) is 3.03. The zero-order chi connectivity index (χ0) is 12.4. The Bertz CT molecular complexity index is 185. The van der Waals surface area contributed by atoms with Gasteiger partial charge in [0.2, 0.25) is 5.91 Å². The summed E-state index contributed by atoms with van der Waals surface area (Å²) in [4.78, 5) is 11.6. The standard InChI is InChI=1S/C12H26N2OS/c1-4-12(5-2,16-3)10-14-11(15)8-6-7-9-13/h4-10,13H2,1-3H3,(H,14,15). The molecule has 1 amide bonds. The average molecular weight is 246 g/mol. The molecule has 0 fully saturated rings. The van der Waals surface area contributed by atoms with Gasteiger partial charge in [0.25, 0.3) is 0 Å². The van der Waals surface area contributed by atoms with Gasteiger partial charge in [-0.3, -0.25) is 4.79 Å². The van der Waals surface area contributed by atoms with Gasteiger partial charge in [0.05, 0.1) is 0 Å². The second-order valence-corrected chi connectivity index (χ2v) is 5.39. The number of nitrogens with one attached hydrogen (secondary N) is 1. The Morgan fingerprint density at radius 1 is 1.31 bits per heavy atom. The van der Waals surface area contributed by atoms with Crippen molar-refractivity contribution < 1.29 is 4.79 Å². The monoisotopic (exact) mass is 246 g/mol. The van der Waals surface area contributed by atoms with Crippen LogP contribution in [-0.2, 0) is 4.79 Å². The highest BCUT2D eigenvalue weighted by Gasteiger charge is 2.25. The normalized spacial score (nSPS) is 11.5. The van der Waals surface area contributed by atoms with E-state index in [0.717, 1.165) is 32.2 Å². The molecule has 0 aromatic rings. The minimum Gasteiger partial charge on any atom is -0.355 e. The summed E-state index contributed by atoms with van der Waals surface area (Å²) in [6.07, 6.45) is 6.74. The van der Waals surface area contributed by atoms with E-state index in [9.17, 15) is 4.79 Å². The summed E-state index contributed by atoms with van der Waals surface area (Å²) in [7, 11) is 0. The lowest BCUT2D eigenvalue weighted by molar-refractivity contribution is -0.121. The molecule has 0 saturated heterocycles. The van der Waals surface area contributed by atoms with Crippen LogP contribution < -0.4 is 11.1 Å². The number of thioether (sulfide) groups is 1. The Balaban J connectivity index is 3.87. The molecule has 0 aromatic heterocycles. The third-order valence-electron chi connectivity index (χ3n) is 3.19. The minimum atomic E-state index is 0.161. The van der Waals surface area contributed by atoms with Gasteiger partial charge in [-0.05, 0) is 38.5 Å². The van der Waals surface area contributed by atoms with Gasteiger partial charge in [-0.25, -0.2) is 0 Å². The minimum absolute atomic E-state index is 0.161. The first-order valence-corrected chi connectivity index (χ1v) is 7.38. The van der Waals surface area contributed by atoms with Gasteiger partial charge < -0.3 is 11.1 Å². The highest BCUT2D eigenvalue weighted by molar-refractivity contribution is 8.00. The van der Waals surface area contributed by atoms with Gasteiger partial charge in [0.1, 0.15) is 0 Å². The molecule has 0 rings (SSSR count). The zero-order valence-electron chi connectivity index (χ0n) is 10.8. The molecule has 0 aliphatic rings. The van der Waals surface area contributed by atoms with Crippen LogP contribution >= 0.6 is 11.8 Å². The molecule has 0 radical (unpaired) electrons.